The van der Waals surface area contributed by atoms with Crippen LogP contribution in [0.4, 0.5) is 0 Å². The van der Waals surface area contributed by atoms with Crippen molar-refractivity contribution in [3.05, 3.63) is 12.7 Å². The number of hydrogen-bond donors (Lipinski definition) is 4. The van der Waals surface area contributed by atoms with Crippen LogP contribution < -0.4 is 21.5 Å². The van der Waals surface area contributed by atoms with Gasteiger partial charge in [-0.15, -0.1) is 6.58 Å². The lowest BCUT2D eigenvalue weighted by Crippen LogP contribution is -2.54. The molecular formula is C13H24N4S2. The van der Waals surface area contributed by atoms with E-state index in [9.17, 15) is 0 Å². The Morgan fingerprint density at radius 1 is 1.21 bits per heavy atom. The summed E-state index contributed by atoms with van der Waals surface area (Å²) in [5, 5.41) is 7.42. The normalized spacial score (nSPS) is 26.1. The monoisotopic (exact) mass is 300 g/mol. The highest BCUT2D eigenvalue weighted by atomic mass is 32.1. The minimum atomic E-state index is 0.445. The lowest BCUT2D eigenvalue weighted by atomic mass is 9.78. The van der Waals surface area contributed by atoms with Crippen molar-refractivity contribution < 1.29 is 0 Å². The van der Waals surface area contributed by atoms with Gasteiger partial charge < -0.3 is 10.6 Å². The standard InChI is InChI=1S/C13H24N4S2/c1-4-8-14-12(18)16-17-13(19)15-11-7-5-6-9(2)10(11)3/h4,9-11H,1,5-8H2,2-3H3,(H2,14,16,18)(H2,15,17,19)/t9-,10+,11-/m0/s1. The van der Waals surface area contributed by atoms with Gasteiger partial charge in [0.1, 0.15) is 0 Å². The van der Waals surface area contributed by atoms with E-state index in [4.69, 9.17) is 24.4 Å². The molecular weight excluding hydrogens is 276 g/mol. The Kier molecular flexibility index (Phi) is 7.09. The summed E-state index contributed by atoms with van der Waals surface area (Å²) in [6.45, 7) is 8.83. The number of hydrazine groups is 1. The van der Waals surface area contributed by atoms with Gasteiger partial charge in [0, 0.05) is 12.6 Å². The van der Waals surface area contributed by atoms with E-state index in [0.29, 0.717) is 28.7 Å². The first-order valence-electron chi connectivity index (χ1n) is 6.75. The van der Waals surface area contributed by atoms with Gasteiger partial charge in [0.15, 0.2) is 10.2 Å². The summed E-state index contributed by atoms with van der Waals surface area (Å²) >= 11 is 10.3. The van der Waals surface area contributed by atoms with Crippen molar-refractivity contribution in [2.45, 2.75) is 39.2 Å². The molecule has 4 N–H and O–H groups in total. The fraction of sp³-hybridized carbons (Fsp3) is 0.692. The molecule has 19 heavy (non-hydrogen) atoms. The molecule has 0 aliphatic heterocycles. The molecule has 1 saturated carbocycles. The third kappa shape index (κ3) is 5.74. The SMILES string of the molecule is C=CCNC(=S)NNC(=S)N[C@H]1CCC[C@H](C)[C@H]1C. The van der Waals surface area contributed by atoms with E-state index in [1.54, 1.807) is 6.08 Å². The van der Waals surface area contributed by atoms with Crippen molar-refractivity contribution in [1.29, 1.82) is 0 Å². The molecule has 0 aromatic rings. The molecule has 1 aliphatic carbocycles. The van der Waals surface area contributed by atoms with Crippen molar-refractivity contribution in [2.75, 3.05) is 6.54 Å². The van der Waals surface area contributed by atoms with Gasteiger partial charge in [0.2, 0.25) is 0 Å². The van der Waals surface area contributed by atoms with Crippen LogP contribution in [-0.4, -0.2) is 22.8 Å². The van der Waals surface area contributed by atoms with Gasteiger partial charge in [-0.05, 0) is 42.7 Å². The number of nitrogens with one attached hydrogen (secondary N) is 4. The highest BCUT2D eigenvalue weighted by Gasteiger charge is 2.27. The molecule has 4 nitrogen and oxygen atoms in total. The Morgan fingerprint density at radius 2 is 1.89 bits per heavy atom. The van der Waals surface area contributed by atoms with Gasteiger partial charge in [0.05, 0.1) is 0 Å². The molecule has 0 amide bonds. The van der Waals surface area contributed by atoms with E-state index in [2.05, 4.69) is 41.9 Å². The van der Waals surface area contributed by atoms with E-state index in [1.807, 2.05) is 0 Å². The maximum Gasteiger partial charge on any atom is 0.185 e. The molecule has 0 saturated heterocycles. The molecule has 0 spiro atoms. The third-order valence-corrected chi connectivity index (χ3v) is 4.19. The lowest BCUT2D eigenvalue weighted by molar-refractivity contribution is 0.224. The summed E-state index contributed by atoms with van der Waals surface area (Å²) in [7, 11) is 0. The quantitative estimate of drug-likeness (QED) is 0.362. The zero-order chi connectivity index (χ0) is 14.3. The molecule has 1 fully saturated rings. The molecule has 0 bridgehead atoms. The number of rotatable bonds is 3. The summed E-state index contributed by atoms with van der Waals surface area (Å²) < 4.78 is 0. The molecule has 1 rings (SSSR count). The van der Waals surface area contributed by atoms with Gasteiger partial charge in [-0.2, -0.15) is 0 Å². The average Bonchev–Trinajstić information content (AvgIpc) is 2.39. The van der Waals surface area contributed by atoms with Gasteiger partial charge >= 0.3 is 0 Å². The fourth-order valence-corrected chi connectivity index (χ4v) is 2.65. The van der Waals surface area contributed by atoms with Crippen LogP contribution in [0.2, 0.25) is 0 Å². The van der Waals surface area contributed by atoms with Crippen molar-refractivity contribution >= 4 is 34.7 Å². The predicted molar refractivity (Wildman–Crippen MR) is 88.8 cm³/mol. The highest BCUT2D eigenvalue weighted by molar-refractivity contribution is 7.80. The van der Waals surface area contributed by atoms with E-state index in [-0.39, 0.29) is 0 Å². The van der Waals surface area contributed by atoms with Crippen LogP contribution >= 0.6 is 24.4 Å². The van der Waals surface area contributed by atoms with Crippen molar-refractivity contribution in [3.8, 4) is 0 Å². The van der Waals surface area contributed by atoms with Crippen molar-refractivity contribution in [3.63, 3.8) is 0 Å². The van der Waals surface area contributed by atoms with Gasteiger partial charge in [-0.3, -0.25) is 10.9 Å². The summed E-state index contributed by atoms with van der Waals surface area (Å²) in [6.07, 6.45) is 5.49. The van der Waals surface area contributed by atoms with E-state index in [1.165, 1.54) is 19.3 Å². The van der Waals surface area contributed by atoms with Crippen LogP contribution in [0.1, 0.15) is 33.1 Å². The van der Waals surface area contributed by atoms with Crippen molar-refractivity contribution in [2.24, 2.45) is 11.8 Å². The summed E-state index contributed by atoms with van der Waals surface area (Å²) in [5.74, 6) is 1.39. The highest BCUT2D eigenvalue weighted by Crippen LogP contribution is 2.29. The second kappa shape index (κ2) is 8.32. The smallest absolute Gasteiger partial charge is 0.185 e. The number of hydrogen-bond acceptors (Lipinski definition) is 2. The molecule has 108 valence electrons. The first-order valence-corrected chi connectivity index (χ1v) is 7.57. The molecule has 1 aliphatic rings. The Labute approximate surface area is 126 Å². The van der Waals surface area contributed by atoms with E-state index < -0.39 is 0 Å². The molecule has 0 heterocycles. The molecule has 0 unspecified atom stereocenters. The predicted octanol–water partition coefficient (Wildman–Crippen LogP) is 1.84. The van der Waals surface area contributed by atoms with Crippen LogP contribution in [0, 0.1) is 11.8 Å². The van der Waals surface area contributed by atoms with Crippen LogP contribution in [0.5, 0.6) is 0 Å². The van der Waals surface area contributed by atoms with Crippen LogP contribution in [0.25, 0.3) is 0 Å². The first kappa shape index (κ1) is 16.2. The fourth-order valence-electron chi connectivity index (χ4n) is 2.31. The van der Waals surface area contributed by atoms with Crippen LogP contribution in [0.3, 0.4) is 0 Å². The molecule has 6 heteroatoms. The minimum Gasteiger partial charge on any atom is -0.358 e. The molecule has 0 radical (unpaired) electrons. The maximum absolute atomic E-state index is 5.27. The lowest BCUT2D eigenvalue weighted by Gasteiger charge is -2.35. The first-order chi connectivity index (χ1) is 9.04. The number of thiocarbonyl (C=S) groups is 2. The second-order valence-electron chi connectivity index (χ2n) is 5.10. The Morgan fingerprint density at radius 3 is 2.58 bits per heavy atom. The van der Waals surface area contributed by atoms with Crippen LogP contribution in [-0.2, 0) is 0 Å². The average molecular weight is 300 g/mol. The summed E-state index contributed by atoms with van der Waals surface area (Å²) in [5.41, 5.74) is 5.76. The molecule has 0 aromatic heterocycles. The second-order valence-corrected chi connectivity index (χ2v) is 5.91. The zero-order valence-electron chi connectivity index (χ0n) is 11.7. The van der Waals surface area contributed by atoms with Crippen molar-refractivity contribution in [1.82, 2.24) is 21.5 Å². The Bertz CT molecular complexity index is 333. The van der Waals surface area contributed by atoms with E-state index in [0.717, 1.165) is 5.92 Å². The van der Waals surface area contributed by atoms with E-state index >= 15 is 0 Å². The largest absolute Gasteiger partial charge is 0.358 e. The molecule has 0 aromatic carbocycles. The Hall–Kier alpha value is -0.880. The third-order valence-electron chi connectivity index (χ3n) is 3.72. The maximum atomic E-state index is 5.27. The van der Waals surface area contributed by atoms with Gasteiger partial charge in [0.25, 0.3) is 0 Å². The summed E-state index contributed by atoms with van der Waals surface area (Å²) in [4.78, 5) is 0. The van der Waals surface area contributed by atoms with Gasteiger partial charge in [-0.1, -0.05) is 32.8 Å². The molecule has 3 atom stereocenters. The zero-order valence-corrected chi connectivity index (χ0v) is 13.3. The summed E-state index contributed by atoms with van der Waals surface area (Å²) in [6, 6.07) is 0.445. The topological polar surface area (TPSA) is 48.1 Å². The van der Waals surface area contributed by atoms with Crippen LogP contribution in [0.15, 0.2) is 12.7 Å². The minimum absolute atomic E-state index is 0.445. The van der Waals surface area contributed by atoms with Gasteiger partial charge in [-0.25, -0.2) is 0 Å². The Balaban J connectivity index is 2.26.